The van der Waals surface area contributed by atoms with Crippen LogP contribution in [0.15, 0.2) is 23.8 Å². The summed E-state index contributed by atoms with van der Waals surface area (Å²) in [5, 5.41) is 14.9. The molecule has 1 atom stereocenters. The number of carboxylic acids is 1. The molecule has 0 aliphatic heterocycles. The van der Waals surface area contributed by atoms with Crippen LogP contribution in [0.3, 0.4) is 0 Å². The first kappa shape index (κ1) is 26.9. The fourth-order valence-electron chi connectivity index (χ4n) is 3.29. The van der Waals surface area contributed by atoms with Gasteiger partial charge < -0.3 is 15.6 Å². The highest BCUT2D eigenvalue weighted by Gasteiger charge is 2.35. The maximum atomic E-state index is 10.9. The highest BCUT2D eigenvalue weighted by Crippen LogP contribution is 2.37. The first-order valence-electron chi connectivity index (χ1n) is 10.7. The van der Waals surface area contributed by atoms with Crippen LogP contribution in [-0.4, -0.2) is 28.5 Å². The molecule has 0 aromatic rings. The van der Waals surface area contributed by atoms with E-state index in [2.05, 4.69) is 26.8 Å². The monoisotopic (exact) mass is 408 g/mol. The molecule has 2 rings (SSSR count). The maximum absolute atomic E-state index is 10.9. The van der Waals surface area contributed by atoms with Crippen molar-refractivity contribution in [1.82, 2.24) is 0 Å². The van der Waals surface area contributed by atoms with Crippen molar-refractivity contribution in [2.24, 2.45) is 17.6 Å². The molecular weight excluding hydrogens is 368 g/mol. The zero-order valence-corrected chi connectivity index (χ0v) is 18.8. The summed E-state index contributed by atoms with van der Waals surface area (Å²) in [4.78, 5) is 20.3. The van der Waals surface area contributed by atoms with Crippen LogP contribution in [0.5, 0.6) is 0 Å². The summed E-state index contributed by atoms with van der Waals surface area (Å²) in [6.07, 6.45) is 14.0. The Kier molecular flexibility index (Phi) is 12.9. The van der Waals surface area contributed by atoms with Crippen LogP contribution >= 0.6 is 0 Å². The molecule has 4 N–H and O–H groups in total. The van der Waals surface area contributed by atoms with Gasteiger partial charge in [0.1, 0.15) is 11.4 Å². The van der Waals surface area contributed by atoms with Gasteiger partial charge in [-0.3, -0.25) is 15.0 Å². The normalized spacial score (nSPS) is 25.3. The van der Waals surface area contributed by atoms with Crippen LogP contribution in [-0.2, 0) is 14.3 Å². The Labute approximate surface area is 176 Å². The van der Waals surface area contributed by atoms with Crippen molar-refractivity contribution in [1.29, 1.82) is 5.41 Å². The van der Waals surface area contributed by atoms with Gasteiger partial charge in [-0.05, 0) is 56.8 Å². The van der Waals surface area contributed by atoms with Gasteiger partial charge in [-0.15, -0.1) is 0 Å². The molecule has 6 nitrogen and oxygen atoms in total. The molecule has 2 aliphatic carbocycles. The van der Waals surface area contributed by atoms with E-state index in [9.17, 15) is 9.59 Å². The Hall–Kier alpha value is -2.11. The average molecular weight is 409 g/mol. The Bertz CT molecular complexity index is 588. The van der Waals surface area contributed by atoms with Crippen molar-refractivity contribution in [3.63, 3.8) is 0 Å². The van der Waals surface area contributed by atoms with Crippen molar-refractivity contribution >= 4 is 17.8 Å². The Balaban J connectivity index is 0.000000445. The second kappa shape index (κ2) is 14.0. The molecule has 0 heterocycles. The molecule has 0 saturated heterocycles. The van der Waals surface area contributed by atoms with E-state index >= 15 is 0 Å². The molecule has 6 heteroatoms. The summed E-state index contributed by atoms with van der Waals surface area (Å²) < 4.78 is 5.44. The van der Waals surface area contributed by atoms with Crippen molar-refractivity contribution in [3.05, 3.63) is 23.8 Å². The van der Waals surface area contributed by atoms with Crippen LogP contribution in [0.1, 0.15) is 86.0 Å². The van der Waals surface area contributed by atoms with Gasteiger partial charge in [0, 0.05) is 18.9 Å². The van der Waals surface area contributed by atoms with Gasteiger partial charge >= 0.3 is 11.9 Å². The van der Waals surface area contributed by atoms with Gasteiger partial charge in [0.2, 0.25) is 0 Å². The van der Waals surface area contributed by atoms with E-state index in [1.807, 2.05) is 12.2 Å². The number of nitrogens with two attached hydrogens (primary N) is 1. The third kappa shape index (κ3) is 11.5. The van der Waals surface area contributed by atoms with E-state index in [1.54, 1.807) is 6.92 Å². The number of allylic oxidation sites excluding steroid dienone is 2. The predicted molar refractivity (Wildman–Crippen MR) is 118 cm³/mol. The molecule has 0 bridgehead atoms. The van der Waals surface area contributed by atoms with Crippen LogP contribution in [0.4, 0.5) is 0 Å². The number of hydrogen-bond acceptors (Lipinski definition) is 4. The third-order valence-electron chi connectivity index (χ3n) is 5.52. The minimum absolute atomic E-state index is 0.127. The lowest BCUT2D eigenvalue weighted by molar-refractivity contribution is -0.162. The molecule has 29 heavy (non-hydrogen) atoms. The standard InChI is InChI=1S/C11H20O2.C9H14N2.C3H6O2/c1-4-11(13-10(3)12)7-5-9(2)6-8-11;1-2-7-3-5-8(6-4-7)9(10)11;1-2-3(4)5/h9H,4-8H2,1-3H3;3,5-7H,2,4H2,1H3,(H3,10,11);2H2,1H3,(H,4,5). The van der Waals surface area contributed by atoms with E-state index in [0.29, 0.717) is 5.92 Å². The van der Waals surface area contributed by atoms with E-state index in [-0.39, 0.29) is 23.8 Å². The number of carboxylic acid groups (broad SMARTS) is 1. The topological polar surface area (TPSA) is 113 Å². The first-order chi connectivity index (χ1) is 13.6. The summed E-state index contributed by atoms with van der Waals surface area (Å²) in [6.45, 7) is 9.66. The lowest BCUT2D eigenvalue weighted by Gasteiger charge is -2.37. The highest BCUT2D eigenvalue weighted by atomic mass is 16.6. The number of carbonyl (C=O) groups excluding carboxylic acids is 1. The number of aliphatic carboxylic acids is 1. The minimum Gasteiger partial charge on any atom is -0.481 e. The van der Waals surface area contributed by atoms with E-state index in [0.717, 1.165) is 43.6 Å². The second-order valence-corrected chi connectivity index (χ2v) is 7.90. The van der Waals surface area contributed by atoms with Gasteiger partial charge in [-0.1, -0.05) is 45.9 Å². The number of ether oxygens (including phenoxy) is 1. The van der Waals surface area contributed by atoms with Crippen molar-refractivity contribution < 1.29 is 19.4 Å². The molecule has 1 fully saturated rings. The Morgan fingerprint density at radius 1 is 1.28 bits per heavy atom. The van der Waals surface area contributed by atoms with Gasteiger partial charge in [0.05, 0.1) is 0 Å². The summed E-state index contributed by atoms with van der Waals surface area (Å²) in [7, 11) is 0. The van der Waals surface area contributed by atoms with Crippen LogP contribution in [0, 0.1) is 17.2 Å². The van der Waals surface area contributed by atoms with Crippen molar-refractivity contribution in [3.8, 4) is 0 Å². The first-order valence-corrected chi connectivity index (χ1v) is 10.7. The minimum atomic E-state index is -0.745. The lowest BCUT2D eigenvalue weighted by atomic mass is 9.78. The number of hydrogen-bond donors (Lipinski definition) is 3. The smallest absolute Gasteiger partial charge is 0.303 e. The molecule has 2 aliphatic rings. The number of rotatable bonds is 5. The van der Waals surface area contributed by atoms with Gasteiger partial charge in [-0.2, -0.15) is 0 Å². The zero-order valence-electron chi connectivity index (χ0n) is 18.8. The molecule has 0 radical (unpaired) electrons. The second-order valence-electron chi connectivity index (χ2n) is 7.90. The number of nitrogens with one attached hydrogen (secondary N) is 1. The third-order valence-corrected chi connectivity index (χ3v) is 5.52. The van der Waals surface area contributed by atoms with Gasteiger partial charge in [0.25, 0.3) is 0 Å². The summed E-state index contributed by atoms with van der Waals surface area (Å²) in [5.41, 5.74) is 6.06. The number of carbonyl (C=O) groups is 2. The molecule has 0 aromatic heterocycles. The molecule has 0 spiro atoms. The average Bonchev–Trinajstić information content (AvgIpc) is 2.70. The Morgan fingerprint density at radius 3 is 2.14 bits per heavy atom. The molecule has 0 amide bonds. The van der Waals surface area contributed by atoms with Crippen LogP contribution in [0.25, 0.3) is 0 Å². The predicted octanol–water partition coefficient (Wildman–Crippen LogP) is 5.22. The van der Waals surface area contributed by atoms with Crippen molar-refractivity contribution in [2.45, 2.75) is 91.6 Å². The number of esters is 1. The van der Waals surface area contributed by atoms with E-state index in [1.165, 1.54) is 19.8 Å². The van der Waals surface area contributed by atoms with Crippen LogP contribution < -0.4 is 5.73 Å². The number of amidine groups is 1. The molecular formula is C23H40N2O4. The largest absolute Gasteiger partial charge is 0.481 e. The Morgan fingerprint density at radius 2 is 1.83 bits per heavy atom. The quantitative estimate of drug-likeness (QED) is 0.328. The highest BCUT2D eigenvalue weighted by molar-refractivity contribution is 5.97. The van der Waals surface area contributed by atoms with Gasteiger partial charge in [-0.25, -0.2) is 0 Å². The molecule has 0 aromatic carbocycles. The SMILES string of the molecule is CCC(=O)O.CCC1(OC(C)=O)CCC(C)CC1.CCC1C=CC(C(=N)N)=CC1. The van der Waals surface area contributed by atoms with Crippen LogP contribution in [0.2, 0.25) is 0 Å². The fourth-order valence-corrected chi connectivity index (χ4v) is 3.29. The van der Waals surface area contributed by atoms with E-state index < -0.39 is 5.97 Å². The maximum Gasteiger partial charge on any atom is 0.303 e. The summed E-state index contributed by atoms with van der Waals surface area (Å²) in [6, 6.07) is 0. The molecule has 1 saturated carbocycles. The zero-order chi connectivity index (χ0) is 22.4. The lowest BCUT2D eigenvalue weighted by Crippen LogP contribution is -2.37. The molecule has 166 valence electrons. The van der Waals surface area contributed by atoms with Gasteiger partial charge in [0.15, 0.2) is 0 Å². The van der Waals surface area contributed by atoms with E-state index in [4.69, 9.17) is 21.0 Å². The summed E-state index contributed by atoms with van der Waals surface area (Å²) >= 11 is 0. The summed E-state index contributed by atoms with van der Waals surface area (Å²) in [5.74, 6) is 0.755. The fraction of sp³-hybridized carbons (Fsp3) is 0.696. The molecule has 1 unspecified atom stereocenters. The van der Waals surface area contributed by atoms with Crippen molar-refractivity contribution in [2.75, 3.05) is 0 Å².